The number of piperidine rings is 1. The van der Waals surface area contributed by atoms with E-state index in [2.05, 4.69) is 39.2 Å². The second kappa shape index (κ2) is 9.10. The zero-order valence-corrected chi connectivity index (χ0v) is 20.5. The number of nitrogens with zero attached hydrogens (tertiary/aromatic N) is 6. The molecule has 9 nitrogen and oxygen atoms in total. The molecule has 7 rings (SSSR count). The highest BCUT2D eigenvalue weighted by molar-refractivity contribution is 6.08. The molecule has 0 aromatic carbocycles. The first-order valence-electron chi connectivity index (χ1n) is 12.8. The first kappa shape index (κ1) is 23.3. The van der Waals surface area contributed by atoms with Crippen molar-refractivity contribution in [3.63, 3.8) is 0 Å². The zero-order valence-electron chi connectivity index (χ0n) is 20.5. The van der Waals surface area contributed by atoms with Gasteiger partial charge in [-0.15, -0.1) is 0 Å². The number of alkyl halides is 2. The Balaban J connectivity index is 0.00000280. The number of nitrogens with one attached hydrogen (secondary N) is 1. The van der Waals surface area contributed by atoms with Crippen molar-refractivity contribution >= 4 is 23.1 Å². The summed E-state index contributed by atoms with van der Waals surface area (Å²) in [6.07, 6.45) is 7.32. The summed E-state index contributed by atoms with van der Waals surface area (Å²) in [6, 6.07) is 1.92. The summed E-state index contributed by atoms with van der Waals surface area (Å²) in [5.41, 5.74) is 0.223. The highest BCUT2D eigenvalue weighted by Gasteiger charge is 2.39. The Hall–Kier alpha value is -3.08. The molecule has 4 aliphatic rings. The van der Waals surface area contributed by atoms with E-state index in [0.717, 1.165) is 51.0 Å². The van der Waals surface area contributed by atoms with Gasteiger partial charge in [-0.1, -0.05) is 13.8 Å². The smallest absolute Gasteiger partial charge is 0.284 e. The van der Waals surface area contributed by atoms with E-state index in [0.29, 0.717) is 17.5 Å². The number of halogens is 2. The van der Waals surface area contributed by atoms with Gasteiger partial charge in [-0.3, -0.25) is 9.48 Å². The lowest BCUT2D eigenvalue weighted by atomic mass is 9.80. The van der Waals surface area contributed by atoms with Crippen LogP contribution in [-0.4, -0.2) is 55.6 Å². The van der Waals surface area contributed by atoms with Crippen LogP contribution in [0.1, 0.15) is 75.9 Å². The number of carbonyl (C=O) groups excluding carboxylic acids is 1. The number of ether oxygens (including phenoxy) is 1. The van der Waals surface area contributed by atoms with Gasteiger partial charge in [-0.2, -0.15) is 10.2 Å². The van der Waals surface area contributed by atoms with Gasteiger partial charge >= 0.3 is 0 Å². The lowest BCUT2D eigenvalue weighted by Gasteiger charge is -2.47. The van der Waals surface area contributed by atoms with Crippen molar-refractivity contribution in [1.82, 2.24) is 24.4 Å². The van der Waals surface area contributed by atoms with E-state index in [1.165, 1.54) is 10.7 Å². The Morgan fingerprint density at radius 1 is 1.19 bits per heavy atom. The Bertz CT molecular complexity index is 1260. The number of aromatic nitrogens is 5. The van der Waals surface area contributed by atoms with Gasteiger partial charge < -0.3 is 15.0 Å². The van der Waals surface area contributed by atoms with Crippen LogP contribution in [0.4, 0.5) is 20.3 Å². The SMILES string of the molecule is CC(C)C1CCC(n2cc(NC(=O)c3cnn4ccc(N5CC6CC(C5)O6)nc34)c(C(F)F)n2)CC1.[HH]. The molecule has 36 heavy (non-hydrogen) atoms. The van der Waals surface area contributed by atoms with Crippen molar-refractivity contribution in [3.05, 3.63) is 35.9 Å². The summed E-state index contributed by atoms with van der Waals surface area (Å²) in [7, 11) is 0. The van der Waals surface area contributed by atoms with Crippen molar-refractivity contribution in [2.24, 2.45) is 11.8 Å². The van der Waals surface area contributed by atoms with Crippen molar-refractivity contribution in [1.29, 1.82) is 0 Å². The van der Waals surface area contributed by atoms with Gasteiger partial charge in [-0.25, -0.2) is 18.3 Å². The minimum Gasteiger partial charge on any atom is -0.371 e. The maximum absolute atomic E-state index is 13.8. The highest BCUT2D eigenvalue weighted by Crippen LogP contribution is 2.37. The molecule has 3 saturated heterocycles. The van der Waals surface area contributed by atoms with Crippen molar-refractivity contribution < 1.29 is 19.7 Å². The van der Waals surface area contributed by atoms with Crippen LogP contribution in [0.5, 0.6) is 0 Å². The Morgan fingerprint density at radius 2 is 1.92 bits per heavy atom. The molecule has 194 valence electrons. The third-order valence-electron chi connectivity index (χ3n) is 7.96. The van der Waals surface area contributed by atoms with E-state index >= 15 is 0 Å². The summed E-state index contributed by atoms with van der Waals surface area (Å²) < 4.78 is 36.5. The van der Waals surface area contributed by atoms with Gasteiger partial charge in [-0.05, 0) is 43.6 Å². The molecule has 1 aliphatic carbocycles. The maximum Gasteiger partial charge on any atom is 0.284 e. The van der Waals surface area contributed by atoms with Gasteiger partial charge in [0, 0.05) is 33.3 Å². The highest BCUT2D eigenvalue weighted by atomic mass is 19.3. The molecule has 3 aromatic rings. The Morgan fingerprint density at radius 3 is 2.58 bits per heavy atom. The normalized spacial score (nSPS) is 26.0. The van der Waals surface area contributed by atoms with Gasteiger partial charge in [0.05, 0.1) is 30.1 Å². The maximum atomic E-state index is 13.8. The minimum absolute atomic E-state index is 0. The molecule has 3 aliphatic heterocycles. The molecule has 6 heterocycles. The molecule has 3 aromatic heterocycles. The first-order valence-corrected chi connectivity index (χ1v) is 12.8. The number of amides is 1. The van der Waals surface area contributed by atoms with Gasteiger partial charge in [0.2, 0.25) is 0 Å². The number of anilines is 2. The molecule has 2 bridgehead atoms. The van der Waals surface area contributed by atoms with Crippen LogP contribution in [0.25, 0.3) is 5.65 Å². The molecule has 11 heteroatoms. The van der Waals surface area contributed by atoms with Crippen molar-refractivity contribution in [2.45, 2.75) is 70.6 Å². The monoisotopic (exact) mass is 501 g/mol. The molecule has 0 spiro atoms. The van der Waals surface area contributed by atoms with Crippen LogP contribution in [0.15, 0.2) is 24.7 Å². The van der Waals surface area contributed by atoms with Crippen LogP contribution in [0, 0.1) is 11.8 Å². The second-order valence-electron chi connectivity index (χ2n) is 10.6. The molecule has 2 atom stereocenters. The third-order valence-corrected chi connectivity index (χ3v) is 7.96. The number of carbonyl (C=O) groups is 1. The van der Waals surface area contributed by atoms with E-state index in [-0.39, 0.29) is 30.9 Å². The molecular formula is C25H33F2N7O2. The average molecular weight is 502 g/mol. The molecular weight excluding hydrogens is 468 g/mol. The predicted molar refractivity (Wildman–Crippen MR) is 132 cm³/mol. The molecule has 4 fully saturated rings. The molecule has 1 amide bonds. The second-order valence-corrected chi connectivity index (χ2v) is 10.6. The molecule has 2 unspecified atom stereocenters. The Kier molecular flexibility index (Phi) is 5.89. The number of morpholine rings is 1. The van der Waals surface area contributed by atoms with Crippen LogP contribution >= 0.6 is 0 Å². The van der Waals surface area contributed by atoms with Crippen LogP contribution in [0.3, 0.4) is 0 Å². The van der Waals surface area contributed by atoms with E-state index in [9.17, 15) is 13.6 Å². The van der Waals surface area contributed by atoms with Crippen molar-refractivity contribution in [3.8, 4) is 0 Å². The third kappa shape index (κ3) is 4.23. The topological polar surface area (TPSA) is 89.6 Å². The van der Waals surface area contributed by atoms with E-state index in [1.807, 2.05) is 6.07 Å². The lowest BCUT2D eigenvalue weighted by molar-refractivity contribution is -0.133. The van der Waals surface area contributed by atoms with E-state index < -0.39 is 18.0 Å². The van der Waals surface area contributed by atoms with E-state index in [1.54, 1.807) is 17.1 Å². The van der Waals surface area contributed by atoms with Gasteiger partial charge in [0.15, 0.2) is 11.3 Å². The molecule has 1 saturated carbocycles. The van der Waals surface area contributed by atoms with Gasteiger partial charge in [0.1, 0.15) is 11.4 Å². The summed E-state index contributed by atoms with van der Waals surface area (Å²) in [5.74, 6) is 1.48. The fraction of sp³-hybridized carbons (Fsp3) is 0.600. The minimum atomic E-state index is -2.80. The predicted octanol–water partition coefficient (Wildman–Crippen LogP) is 4.73. The quantitative estimate of drug-likeness (QED) is 0.526. The largest absolute Gasteiger partial charge is 0.371 e. The number of rotatable bonds is 6. The standard InChI is InChI=1S/C25H31F2N7O2.H2/c1-14(2)15-3-5-16(6-4-15)34-13-20(22(31-34)23(26)27)29-25(35)19-10-28-33-8-7-21(30-24(19)33)32-11-17-9-18(12-32)36-17;/h7-8,10,13-18,23H,3-6,9,11-12H2,1-2H3,(H,29,35);1H. The fourth-order valence-electron chi connectivity index (χ4n) is 5.81. The van der Waals surface area contributed by atoms with Crippen LogP contribution in [0.2, 0.25) is 0 Å². The average Bonchev–Trinajstić information content (AvgIpc) is 3.48. The fourth-order valence-corrected chi connectivity index (χ4v) is 5.81. The van der Waals surface area contributed by atoms with Gasteiger partial charge in [0.25, 0.3) is 12.3 Å². The van der Waals surface area contributed by atoms with Crippen molar-refractivity contribution in [2.75, 3.05) is 23.3 Å². The number of hydrogen-bond donors (Lipinski definition) is 1. The first-order chi connectivity index (χ1) is 17.4. The Labute approximate surface area is 209 Å². The lowest BCUT2D eigenvalue weighted by Crippen LogP contribution is -2.57. The molecule has 1 N–H and O–H groups in total. The molecule has 0 radical (unpaired) electrons. The summed E-state index contributed by atoms with van der Waals surface area (Å²) >= 11 is 0. The zero-order chi connectivity index (χ0) is 25.0. The summed E-state index contributed by atoms with van der Waals surface area (Å²) in [6.45, 7) is 5.96. The summed E-state index contributed by atoms with van der Waals surface area (Å²) in [5, 5.41) is 11.1. The van der Waals surface area contributed by atoms with E-state index in [4.69, 9.17) is 4.74 Å². The van der Waals surface area contributed by atoms with Crippen LogP contribution < -0.4 is 10.2 Å². The number of fused-ring (bicyclic) bond motifs is 3. The van der Waals surface area contributed by atoms with Crippen LogP contribution in [-0.2, 0) is 4.74 Å². The number of hydrogen-bond acceptors (Lipinski definition) is 6. The summed E-state index contributed by atoms with van der Waals surface area (Å²) in [4.78, 5) is 20.0.